The van der Waals surface area contributed by atoms with Crippen molar-refractivity contribution >= 4 is 5.69 Å². The molecule has 0 amide bonds. The standard InChI is InChI=1S/C15H20N2O/c1-2-11-5-3-7-13(9-11)18-14-8-4-6-12(10-16)15(14)17/h4,6,8,11,13H,2-3,5,7,9,17H2,1H3. The van der Waals surface area contributed by atoms with Gasteiger partial charge in [0.1, 0.15) is 11.8 Å². The minimum absolute atomic E-state index is 0.250. The molecule has 0 radical (unpaired) electrons. The Morgan fingerprint density at radius 1 is 1.44 bits per heavy atom. The van der Waals surface area contributed by atoms with Gasteiger partial charge in [0.2, 0.25) is 0 Å². The topological polar surface area (TPSA) is 59.0 Å². The first-order valence-corrected chi connectivity index (χ1v) is 6.69. The van der Waals surface area contributed by atoms with E-state index in [0.29, 0.717) is 17.0 Å². The fourth-order valence-corrected chi connectivity index (χ4v) is 2.64. The van der Waals surface area contributed by atoms with Crippen LogP contribution >= 0.6 is 0 Å². The van der Waals surface area contributed by atoms with E-state index in [4.69, 9.17) is 15.7 Å². The van der Waals surface area contributed by atoms with Gasteiger partial charge in [-0.25, -0.2) is 0 Å². The normalized spacial score (nSPS) is 23.3. The van der Waals surface area contributed by atoms with Crippen LogP contribution in [-0.4, -0.2) is 6.10 Å². The molecule has 0 spiro atoms. The summed E-state index contributed by atoms with van der Waals surface area (Å²) in [5.41, 5.74) is 6.90. The Kier molecular flexibility index (Phi) is 4.09. The lowest BCUT2D eigenvalue weighted by molar-refractivity contribution is 0.123. The van der Waals surface area contributed by atoms with E-state index in [1.807, 2.05) is 12.1 Å². The zero-order chi connectivity index (χ0) is 13.0. The summed E-state index contributed by atoms with van der Waals surface area (Å²) >= 11 is 0. The number of hydrogen-bond acceptors (Lipinski definition) is 3. The lowest BCUT2D eigenvalue weighted by Crippen LogP contribution is -2.25. The summed E-state index contributed by atoms with van der Waals surface area (Å²) in [5.74, 6) is 1.43. The largest absolute Gasteiger partial charge is 0.488 e. The molecule has 1 aliphatic carbocycles. The summed E-state index contributed by atoms with van der Waals surface area (Å²) in [6.07, 6.45) is 6.19. The summed E-state index contributed by atoms with van der Waals surface area (Å²) < 4.78 is 5.98. The predicted octanol–water partition coefficient (Wildman–Crippen LogP) is 3.49. The van der Waals surface area contributed by atoms with Crippen molar-refractivity contribution in [2.75, 3.05) is 5.73 Å². The number of nitrogens with two attached hydrogens (primary N) is 1. The zero-order valence-electron chi connectivity index (χ0n) is 10.9. The molecule has 18 heavy (non-hydrogen) atoms. The first-order chi connectivity index (χ1) is 8.74. The Bertz CT molecular complexity index is 450. The van der Waals surface area contributed by atoms with E-state index in [0.717, 1.165) is 18.8 Å². The molecule has 3 nitrogen and oxygen atoms in total. The molecule has 1 aromatic carbocycles. The molecular weight excluding hydrogens is 224 g/mol. The summed E-state index contributed by atoms with van der Waals surface area (Å²) in [6.45, 7) is 2.23. The van der Waals surface area contributed by atoms with Gasteiger partial charge >= 0.3 is 0 Å². The van der Waals surface area contributed by atoms with E-state index >= 15 is 0 Å². The summed E-state index contributed by atoms with van der Waals surface area (Å²) in [6, 6.07) is 7.48. The van der Waals surface area contributed by atoms with Crippen molar-refractivity contribution < 1.29 is 4.74 Å². The molecule has 96 valence electrons. The number of rotatable bonds is 3. The molecule has 1 fully saturated rings. The molecule has 0 saturated heterocycles. The lowest BCUT2D eigenvalue weighted by atomic mass is 9.85. The molecule has 0 aromatic heterocycles. The molecule has 3 heteroatoms. The second-order valence-corrected chi connectivity index (χ2v) is 5.01. The van der Waals surface area contributed by atoms with Gasteiger partial charge in [0.05, 0.1) is 17.4 Å². The average Bonchev–Trinajstić information content (AvgIpc) is 2.41. The van der Waals surface area contributed by atoms with Gasteiger partial charge in [0.25, 0.3) is 0 Å². The SMILES string of the molecule is CCC1CCCC(Oc2cccc(C#N)c2N)C1. The van der Waals surface area contributed by atoms with Crippen LogP contribution in [0.15, 0.2) is 18.2 Å². The first-order valence-electron chi connectivity index (χ1n) is 6.69. The highest BCUT2D eigenvalue weighted by molar-refractivity contribution is 5.63. The van der Waals surface area contributed by atoms with Gasteiger partial charge in [0.15, 0.2) is 0 Å². The number of nitriles is 1. The fourth-order valence-electron chi connectivity index (χ4n) is 2.64. The minimum atomic E-state index is 0.250. The Balaban J connectivity index is 2.07. The van der Waals surface area contributed by atoms with E-state index in [9.17, 15) is 0 Å². The predicted molar refractivity (Wildman–Crippen MR) is 72.2 cm³/mol. The number of benzene rings is 1. The molecular formula is C15H20N2O. The van der Waals surface area contributed by atoms with Crippen LogP contribution in [0.1, 0.15) is 44.6 Å². The molecule has 2 atom stereocenters. The summed E-state index contributed by atoms with van der Waals surface area (Å²) in [7, 11) is 0. The molecule has 0 aliphatic heterocycles. The van der Waals surface area contributed by atoms with Crippen molar-refractivity contribution in [1.29, 1.82) is 5.26 Å². The lowest BCUT2D eigenvalue weighted by Gasteiger charge is -2.29. The van der Waals surface area contributed by atoms with Crippen molar-refractivity contribution in [2.45, 2.75) is 45.1 Å². The van der Waals surface area contributed by atoms with Crippen molar-refractivity contribution in [1.82, 2.24) is 0 Å². The van der Waals surface area contributed by atoms with Gasteiger partial charge in [-0.1, -0.05) is 25.8 Å². The van der Waals surface area contributed by atoms with Gasteiger partial charge < -0.3 is 10.5 Å². The van der Waals surface area contributed by atoms with Crippen molar-refractivity contribution in [3.63, 3.8) is 0 Å². The molecule has 1 saturated carbocycles. The molecule has 1 aliphatic rings. The smallest absolute Gasteiger partial charge is 0.143 e. The number of nitrogen functional groups attached to an aromatic ring is 1. The van der Waals surface area contributed by atoms with E-state index in [1.54, 1.807) is 6.07 Å². The number of hydrogen-bond donors (Lipinski definition) is 1. The number of nitrogens with zero attached hydrogens (tertiary/aromatic N) is 1. The third-order valence-corrected chi connectivity index (χ3v) is 3.79. The Morgan fingerprint density at radius 2 is 2.28 bits per heavy atom. The highest BCUT2D eigenvalue weighted by Crippen LogP contribution is 2.32. The van der Waals surface area contributed by atoms with Crippen molar-refractivity contribution in [3.8, 4) is 11.8 Å². The molecule has 0 bridgehead atoms. The van der Waals surface area contributed by atoms with Gasteiger partial charge in [-0.2, -0.15) is 5.26 Å². The number of para-hydroxylation sites is 1. The van der Waals surface area contributed by atoms with Gasteiger partial charge in [-0.3, -0.25) is 0 Å². The maximum atomic E-state index is 8.94. The Labute approximate surface area is 109 Å². The molecule has 1 aromatic rings. The maximum absolute atomic E-state index is 8.94. The first kappa shape index (κ1) is 12.8. The zero-order valence-corrected chi connectivity index (χ0v) is 10.9. The third kappa shape index (κ3) is 2.76. The van der Waals surface area contributed by atoms with Gasteiger partial charge in [-0.05, 0) is 37.3 Å². The average molecular weight is 244 g/mol. The van der Waals surface area contributed by atoms with Gasteiger partial charge in [-0.15, -0.1) is 0 Å². The van der Waals surface area contributed by atoms with Crippen molar-refractivity contribution in [3.05, 3.63) is 23.8 Å². The minimum Gasteiger partial charge on any atom is -0.488 e. The Hall–Kier alpha value is -1.69. The van der Waals surface area contributed by atoms with E-state index < -0.39 is 0 Å². The fraction of sp³-hybridized carbons (Fsp3) is 0.533. The van der Waals surface area contributed by atoms with E-state index in [2.05, 4.69) is 13.0 Å². The maximum Gasteiger partial charge on any atom is 0.143 e. The molecule has 2 N–H and O–H groups in total. The van der Waals surface area contributed by atoms with Crippen LogP contribution in [-0.2, 0) is 0 Å². The summed E-state index contributed by atoms with van der Waals surface area (Å²) in [4.78, 5) is 0. The van der Waals surface area contributed by atoms with Gasteiger partial charge in [0, 0.05) is 0 Å². The highest BCUT2D eigenvalue weighted by Gasteiger charge is 2.22. The Morgan fingerprint density at radius 3 is 3.00 bits per heavy atom. The highest BCUT2D eigenvalue weighted by atomic mass is 16.5. The monoisotopic (exact) mass is 244 g/mol. The van der Waals surface area contributed by atoms with Crippen LogP contribution in [0.4, 0.5) is 5.69 Å². The molecule has 2 rings (SSSR count). The quantitative estimate of drug-likeness (QED) is 0.828. The van der Waals surface area contributed by atoms with Crippen LogP contribution in [0.25, 0.3) is 0 Å². The van der Waals surface area contributed by atoms with Crippen LogP contribution < -0.4 is 10.5 Å². The van der Waals surface area contributed by atoms with Crippen molar-refractivity contribution in [2.24, 2.45) is 5.92 Å². The van der Waals surface area contributed by atoms with Crippen LogP contribution in [0.3, 0.4) is 0 Å². The number of anilines is 1. The second-order valence-electron chi connectivity index (χ2n) is 5.01. The van der Waals surface area contributed by atoms with Crippen LogP contribution in [0, 0.1) is 17.2 Å². The van der Waals surface area contributed by atoms with E-state index in [-0.39, 0.29) is 6.10 Å². The summed E-state index contributed by atoms with van der Waals surface area (Å²) in [5, 5.41) is 8.94. The second kappa shape index (κ2) is 5.77. The van der Waals surface area contributed by atoms with Crippen LogP contribution in [0.5, 0.6) is 5.75 Å². The third-order valence-electron chi connectivity index (χ3n) is 3.79. The molecule has 0 heterocycles. The number of ether oxygens (including phenoxy) is 1. The molecule has 2 unspecified atom stereocenters. The van der Waals surface area contributed by atoms with E-state index in [1.165, 1.54) is 19.3 Å². The van der Waals surface area contributed by atoms with Crippen LogP contribution in [0.2, 0.25) is 0 Å².